The van der Waals surface area contributed by atoms with Gasteiger partial charge in [-0.3, -0.25) is 9.38 Å². The van der Waals surface area contributed by atoms with E-state index in [0.29, 0.717) is 17.0 Å². The number of fused-ring (bicyclic) bond motifs is 1. The molecule has 0 aliphatic heterocycles. The molecule has 3 heterocycles. The number of aryl methyl sites for hydroxylation is 1. The van der Waals surface area contributed by atoms with Gasteiger partial charge in [0.05, 0.1) is 5.69 Å². The predicted octanol–water partition coefficient (Wildman–Crippen LogP) is 4.73. The van der Waals surface area contributed by atoms with E-state index >= 15 is 0 Å². The molecule has 0 aliphatic carbocycles. The molecule has 0 saturated heterocycles. The fourth-order valence-electron chi connectivity index (χ4n) is 2.85. The van der Waals surface area contributed by atoms with Crippen molar-refractivity contribution < 1.29 is 13.2 Å². The molecule has 0 atom stereocenters. The molecular weight excluding hydrogens is 367 g/mol. The molecule has 1 N–H and O–H groups in total. The summed E-state index contributed by atoms with van der Waals surface area (Å²) in [7, 11) is 0. The Balaban J connectivity index is 1.65. The molecule has 0 amide bonds. The molecule has 8 heteroatoms. The maximum atomic E-state index is 12.7. The molecule has 5 nitrogen and oxygen atoms in total. The van der Waals surface area contributed by atoms with Gasteiger partial charge in [0, 0.05) is 36.4 Å². The van der Waals surface area contributed by atoms with Crippen LogP contribution >= 0.6 is 0 Å². The van der Waals surface area contributed by atoms with Crippen LogP contribution in [0.2, 0.25) is 0 Å². The van der Waals surface area contributed by atoms with Gasteiger partial charge in [-0.25, -0.2) is 9.97 Å². The standard InChI is InChI=1S/C20H16F3N5/c1-13-9-26-19-18(25-11-14-7-8-17(24-10-14)20(21,22)23)27-16(12-28(13)19)15-5-3-2-4-6-15/h2-10,12H,11H2,1H3,(H,25,27). The van der Waals surface area contributed by atoms with Crippen molar-refractivity contribution in [2.45, 2.75) is 19.6 Å². The number of rotatable bonds is 4. The Morgan fingerprint density at radius 2 is 1.79 bits per heavy atom. The smallest absolute Gasteiger partial charge is 0.363 e. The van der Waals surface area contributed by atoms with Crippen LogP contribution in [0.15, 0.2) is 61.1 Å². The second kappa shape index (κ2) is 6.95. The van der Waals surface area contributed by atoms with Crippen LogP contribution in [0, 0.1) is 6.92 Å². The zero-order valence-corrected chi connectivity index (χ0v) is 14.9. The summed E-state index contributed by atoms with van der Waals surface area (Å²) in [5, 5.41) is 3.17. The summed E-state index contributed by atoms with van der Waals surface area (Å²) in [5.74, 6) is 0.550. The average Bonchev–Trinajstić information content (AvgIpc) is 3.07. The molecule has 1 aromatic carbocycles. The largest absolute Gasteiger partial charge is 0.433 e. The van der Waals surface area contributed by atoms with Gasteiger partial charge in [-0.05, 0) is 18.6 Å². The van der Waals surface area contributed by atoms with E-state index in [-0.39, 0.29) is 6.54 Å². The fraction of sp³-hybridized carbons (Fsp3) is 0.150. The van der Waals surface area contributed by atoms with Crippen LogP contribution < -0.4 is 5.32 Å². The Morgan fingerprint density at radius 1 is 1.00 bits per heavy atom. The van der Waals surface area contributed by atoms with E-state index in [1.165, 1.54) is 12.3 Å². The Kier molecular flexibility index (Phi) is 4.46. The van der Waals surface area contributed by atoms with E-state index in [4.69, 9.17) is 0 Å². The minimum atomic E-state index is -4.45. The van der Waals surface area contributed by atoms with Gasteiger partial charge in [0.2, 0.25) is 0 Å². The molecule has 0 unspecified atom stereocenters. The fourth-order valence-corrected chi connectivity index (χ4v) is 2.85. The van der Waals surface area contributed by atoms with Crippen molar-refractivity contribution in [3.63, 3.8) is 0 Å². The van der Waals surface area contributed by atoms with Crippen molar-refractivity contribution in [3.05, 3.63) is 78.0 Å². The molecular formula is C20H16F3N5. The first-order chi connectivity index (χ1) is 13.4. The number of hydrogen-bond donors (Lipinski definition) is 1. The maximum absolute atomic E-state index is 12.7. The summed E-state index contributed by atoms with van der Waals surface area (Å²) < 4.78 is 39.9. The topological polar surface area (TPSA) is 55.1 Å². The van der Waals surface area contributed by atoms with E-state index in [0.717, 1.165) is 23.0 Å². The summed E-state index contributed by atoms with van der Waals surface area (Å²) in [4.78, 5) is 12.5. The monoisotopic (exact) mass is 383 g/mol. The van der Waals surface area contributed by atoms with Gasteiger partial charge in [0.1, 0.15) is 5.69 Å². The molecule has 4 aromatic rings. The second-order valence-corrected chi connectivity index (χ2v) is 6.34. The zero-order chi connectivity index (χ0) is 19.7. The maximum Gasteiger partial charge on any atom is 0.433 e. The third kappa shape index (κ3) is 3.53. The molecule has 28 heavy (non-hydrogen) atoms. The molecule has 0 aliphatic rings. The third-order valence-electron chi connectivity index (χ3n) is 4.32. The number of aromatic nitrogens is 4. The first-order valence-corrected chi connectivity index (χ1v) is 8.58. The molecule has 142 valence electrons. The predicted molar refractivity (Wildman–Crippen MR) is 99.7 cm³/mol. The van der Waals surface area contributed by atoms with E-state index in [2.05, 4.69) is 20.3 Å². The number of alkyl halides is 3. The minimum absolute atomic E-state index is 0.276. The summed E-state index contributed by atoms with van der Waals surface area (Å²) in [6, 6.07) is 12.1. The number of pyridine rings is 1. The van der Waals surface area contributed by atoms with Gasteiger partial charge < -0.3 is 5.32 Å². The highest BCUT2D eigenvalue weighted by Gasteiger charge is 2.31. The highest BCUT2D eigenvalue weighted by molar-refractivity contribution is 5.69. The van der Waals surface area contributed by atoms with Gasteiger partial charge in [-0.1, -0.05) is 36.4 Å². The molecule has 0 spiro atoms. The van der Waals surface area contributed by atoms with Gasteiger partial charge in [0.15, 0.2) is 11.5 Å². The molecule has 0 fully saturated rings. The summed E-state index contributed by atoms with van der Waals surface area (Å²) in [5.41, 5.74) is 3.03. The number of nitrogens with zero attached hydrogens (tertiary/aromatic N) is 4. The zero-order valence-electron chi connectivity index (χ0n) is 14.9. The van der Waals surface area contributed by atoms with Crippen LogP contribution in [0.5, 0.6) is 0 Å². The van der Waals surface area contributed by atoms with Gasteiger partial charge in [0.25, 0.3) is 0 Å². The lowest BCUT2D eigenvalue weighted by Gasteiger charge is -2.11. The molecule has 3 aromatic heterocycles. The van der Waals surface area contributed by atoms with Crippen LogP contribution in [-0.4, -0.2) is 19.4 Å². The second-order valence-electron chi connectivity index (χ2n) is 6.34. The third-order valence-corrected chi connectivity index (χ3v) is 4.32. The molecule has 0 radical (unpaired) electrons. The lowest BCUT2D eigenvalue weighted by atomic mass is 10.2. The van der Waals surface area contributed by atoms with E-state index in [1.54, 1.807) is 6.20 Å². The first-order valence-electron chi connectivity index (χ1n) is 8.58. The summed E-state index contributed by atoms with van der Waals surface area (Å²) >= 11 is 0. The van der Waals surface area contributed by atoms with Crippen molar-refractivity contribution in [3.8, 4) is 11.3 Å². The van der Waals surface area contributed by atoms with Crippen LogP contribution in [-0.2, 0) is 12.7 Å². The lowest BCUT2D eigenvalue weighted by molar-refractivity contribution is -0.141. The first kappa shape index (κ1) is 18.0. The number of hydrogen-bond acceptors (Lipinski definition) is 4. The number of halogens is 3. The SMILES string of the molecule is Cc1cnc2c(NCc3ccc(C(F)(F)F)nc3)nc(-c3ccccc3)cn12. The van der Waals surface area contributed by atoms with Crippen molar-refractivity contribution in [2.24, 2.45) is 0 Å². The van der Waals surface area contributed by atoms with Crippen LogP contribution in [0.25, 0.3) is 16.9 Å². The normalized spacial score (nSPS) is 11.7. The van der Waals surface area contributed by atoms with Crippen molar-refractivity contribution in [2.75, 3.05) is 5.32 Å². The summed E-state index contributed by atoms with van der Waals surface area (Å²) in [6.45, 7) is 2.22. The molecule has 4 rings (SSSR count). The highest BCUT2D eigenvalue weighted by atomic mass is 19.4. The number of nitrogens with one attached hydrogen (secondary N) is 1. The number of imidazole rings is 1. The van der Waals surface area contributed by atoms with Crippen LogP contribution in [0.3, 0.4) is 0 Å². The average molecular weight is 383 g/mol. The quantitative estimate of drug-likeness (QED) is 0.554. The van der Waals surface area contributed by atoms with Gasteiger partial charge in [-0.2, -0.15) is 13.2 Å². The van der Waals surface area contributed by atoms with E-state index in [9.17, 15) is 13.2 Å². The Labute approximate surface area is 158 Å². The Bertz CT molecular complexity index is 1100. The lowest BCUT2D eigenvalue weighted by Crippen LogP contribution is -2.09. The molecule has 0 saturated carbocycles. The highest BCUT2D eigenvalue weighted by Crippen LogP contribution is 2.27. The van der Waals surface area contributed by atoms with Crippen LogP contribution in [0.1, 0.15) is 17.0 Å². The van der Waals surface area contributed by atoms with Crippen LogP contribution in [0.4, 0.5) is 19.0 Å². The van der Waals surface area contributed by atoms with Crippen molar-refractivity contribution in [1.82, 2.24) is 19.4 Å². The van der Waals surface area contributed by atoms with E-state index < -0.39 is 11.9 Å². The Hall–Kier alpha value is -3.42. The van der Waals surface area contributed by atoms with Gasteiger partial charge >= 0.3 is 6.18 Å². The summed E-state index contributed by atoms with van der Waals surface area (Å²) in [6.07, 6.45) is 0.427. The Morgan fingerprint density at radius 3 is 2.46 bits per heavy atom. The number of anilines is 1. The number of benzene rings is 1. The molecule has 0 bridgehead atoms. The van der Waals surface area contributed by atoms with E-state index in [1.807, 2.05) is 47.9 Å². The minimum Gasteiger partial charge on any atom is -0.363 e. The van der Waals surface area contributed by atoms with Gasteiger partial charge in [-0.15, -0.1) is 0 Å². The van der Waals surface area contributed by atoms with Crippen molar-refractivity contribution >= 4 is 11.5 Å². The van der Waals surface area contributed by atoms with Crippen molar-refractivity contribution in [1.29, 1.82) is 0 Å².